The van der Waals surface area contributed by atoms with E-state index in [2.05, 4.69) is 93.1 Å². The van der Waals surface area contributed by atoms with E-state index in [0.717, 1.165) is 95.9 Å². The van der Waals surface area contributed by atoms with E-state index in [0.29, 0.717) is 58.9 Å². The Morgan fingerprint density at radius 3 is 1.56 bits per heavy atom. The second-order valence-electron chi connectivity index (χ2n) is 18.2. The summed E-state index contributed by atoms with van der Waals surface area (Å²) in [7, 11) is 0. The van der Waals surface area contributed by atoms with Crippen LogP contribution in [0.2, 0.25) is 0 Å². The number of pyridine rings is 2. The third-order valence-corrected chi connectivity index (χ3v) is 15.2. The molecular formula is C52H59N5O4+2. The van der Waals surface area contributed by atoms with Crippen molar-refractivity contribution in [3.8, 4) is 0 Å². The van der Waals surface area contributed by atoms with E-state index in [1.807, 2.05) is 48.8 Å². The maximum Gasteiger partial charge on any atom is 0.287 e. The van der Waals surface area contributed by atoms with Gasteiger partial charge in [0.25, 0.3) is 5.69 Å². The Kier molecular flexibility index (Phi) is 11.6. The molecule has 8 heterocycles. The Bertz CT molecular complexity index is 2300. The number of para-hydroxylation sites is 3. The number of hydrogen-bond donors (Lipinski definition) is 0. The van der Waals surface area contributed by atoms with Crippen molar-refractivity contribution in [3.05, 3.63) is 174 Å². The second kappa shape index (κ2) is 17.2. The highest BCUT2D eigenvalue weighted by molar-refractivity contribution is 5.83. The topological polar surface area (TPSA) is 87.4 Å². The number of fused-ring (bicyclic) bond motifs is 8. The molecule has 0 radical (unpaired) electrons. The SMILES string of the molecule is C=CCO[C@H](c1ccnc2ccccc12)[C@H]1C[C@@H]2CC[N@@+]1(Cc1cccc(C[N@@+]34CC[C@@H](C[C@@H]3[C@H](OCC=C)c3ccnc5ccccc35)[C@@H](C=C)C4)c1[N+](=O)[O-])C[C@@H]2C=C. The monoisotopic (exact) mass is 817 g/mol. The lowest BCUT2D eigenvalue weighted by atomic mass is 9.70. The van der Waals surface area contributed by atoms with Gasteiger partial charge in [0.2, 0.25) is 0 Å². The van der Waals surface area contributed by atoms with Crippen molar-refractivity contribution in [3.63, 3.8) is 0 Å². The predicted octanol–water partition coefficient (Wildman–Crippen LogP) is 10.4. The lowest BCUT2D eigenvalue weighted by Gasteiger charge is -2.59. The predicted molar refractivity (Wildman–Crippen MR) is 242 cm³/mol. The number of rotatable bonds is 17. The molecule has 6 aliphatic heterocycles. The third kappa shape index (κ3) is 7.45. The number of nitro benzene ring substituents is 1. The molecule has 6 saturated heterocycles. The van der Waals surface area contributed by atoms with Gasteiger partial charge in [0, 0.05) is 60.7 Å². The second-order valence-corrected chi connectivity index (χ2v) is 18.2. The number of nitrogens with zero attached hydrogens (tertiary/aromatic N) is 5. The summed E-state index contributed by atoms with van der Waals surface area (Å²) in [6.07, 6.45) is 15.2. The van der Waals surface area contributed by atoms with E-state index < -0.39 is 0 Å². The van der Waals surface area contributed by atoms with Gasteiger partial charge in [-0.3, -0.25) is 20.1 Å². The molecule has 9 nitrogen and oxygen atoms in total. The van der Waals surface area contributed by atoms with Crippen molar-refractivity contribution in [1.29, 1.82) is 0 Å². The minimum absolute atomic E-state index is 0.0719. The standard InChI is InChI=1S/C52H59N5O4/c1-5-28-60-51(44-20-24-53-46-18-11-9-16-42(44)46)48-30-38-22-26-56(48,32-36(38)7-3)34-40-14-13-15-41(50(40)55(58)59)35-57-27-23-39(37(8-4)33-57)31-49(57)52(61-29-6-2)45-21-25-54-47-19-12-10-17-43(45)47/h5-21,24-25,36-39,48-49,51-52H,1-4,22-23,26-35H2/q+2/t36-,37-,38-,39-,48+,49+,51+,52+,56-,57-/m0/s1. The number of nitro groups is 1. The van der Waals surface area contributed by atoms with Gasteiger partial charge < -0.3 is 18.4 Å². The zero-order valence-corrected chi connectivity index (χ0v) is 35.3. The van der Waals surface area contributed by atoms with Gasteiger partial charge in [-0.2, -0.15) is 0 Å². The first-order valence-electron chi connectivity index (χ1n) is 22.2. The third-order valence-electron chi connectivity index (χ3n) is 15.2. The molecule has 0 spiro atoms. The van der Waals surface area contributed by atoms with E-state index >= 15 is 0 Å². The van der Waals surface area contributed by atoms with Crippen LogP contribution in [0.3, 0.4) is 0 Å². The molecule has 3 aromatic carbocycles. The first kappa shape index (κ1) is 41.1. The lowest BCUT2D eigenvalue weighted by Crippen LogP contribution is -2.68. The van der Waals surface area contributed by atoms with Crippen LogP contribution in [0.5, 0.6) is 0 Å². The van der Waals surface area contributed by atoms with Gasteiger partial charge in [-0.05, 0) is 59.4 Å². The number of hydrogen-bond acceptors (Lipinski definition) is 6. The molecule has 61 heavy (non-hydrogen) atoms. The van der Waals surface area contributed by atoms with Gasteiger partial charge in [-0.15, -0.1) is 26.3 Å². The molecule has 0 saturated carbocycles. The van der Waals surface area contributed by atoms with E-state index in [1.54, 1.807) is 0 Å². The fraction of sp³-hybridized carbons (Fsp3) is 0.385. The van der Waals surface area contributed by atoms with E-state index in [9.17, 15) is 10.1 Å². The van der Waals surface area contributed by atoms with Crippen LogP contribution >= 0.6 is 0 Å². The van der Waals surface area contributed by atoms with E-state index in [-0.39, 0.29) is 34.9 Å². The van der Waals surface area contributed by atoms with Crippen LogP contribution in [-0.4, -0.2) is 75.3 Å². The quantitative estimate of drug-likeness (QED) is 0.0402. The Balaban J connectivity index is 1.13. The Morgan fingerprint density at radius 1 is 0.672 bits per heavy atom. The van der Waals surface area contributed by atoms with Gasteiger partial charge in [0.05, 0.1) is 66.5 Å². The lowest BCUT2D eigenvalue weighted by molar-refractivity contribution is -0.985. The van der Waals surface area contributed by atoms with Crippen molar-refractivity contribution >= 4 is 27.5 Å². The molecule has 0 N–H and O–H groups in total. The Morgan fingerprint density at radius 2 is 1.13 bits per heavy atom. The van der Waals surface area contributed by atoms with Gasteiger partial charge in [0.1, 0.15) is 37.4 Å². The summed E-state index contributed by atoms with van der Waals surface area (Å²) in [5.74, 6) is 1.60. The van der Waals surface area contributed by atoms with E-state index in [1.165, 1.54) is 0 Å². The first-order valence-corrected chi connectivity index (χ1v) is 22.2. The molecule has 9 heteroatoms. The number of aromatic nitrogens is 2. The largest absolute Gasteiger partial charge is 0.363 e. The molecule has 5 aromatic rings. The molecule has 0 aliphatic carbocycles. The van der Waals surface area contributed by atoms with Crippen LogP contribution in [0.4, 0.5) is 5.69 Å². The minimum Gasteiger partial charge on any atom is -0.363 e. The summed E-state index contributed by atoms with van der Waals surface area (Å²) >= 11 is 0. The minimum atomic E-state index is -0.247. The summed E-state index contributed by atoms with van der Waals surface area (Å²) in [6.45, 7) is 22.1. The molecular weight excluding hydrogens is 759 g/mol. The van der Waals surface area contributed by atoms with Crippen molar-refractivity contribution in [2.45, 2.75) is 63.1 Å². The number of benzene rings is 3. The summed E-state index contributed by atoms with van der Waals surface area (Å²) in [5, 5.41) is 15.9. The molecule has 6 aliphatic rings. The highest BCUT2D eigenvalue weighted by Gasteiger charge is 2.57. The maximum absolute atomic E-state index is 13.7. The molecule has 10 atom stereocenters. The summed E-state index contributed by atoms with van der Waals surface area (Å²) in [5.41, 5.74) is 5.93. The molecule has 6 fully saturated rings. The molecule has 0 amide bonds. The van der Waals surface area contributed by atoms with Gasteiger partial charge in [0.15, 0.2) is 0 Å². The molecule has 2 aromatic heterocycles. The van der Waals surface area contributed by atoms with Crippen molar-refractivity contribution < 1.29 is 23.4 Å². The summed E-state index contributed by atoms with van der Waals surface area (Å²) in [4.78, 5) is 23.0. The van der Waals surface area contributed by atoms with Crippen molar-refractivity contribution in [2.75, 3.05) is 39.4 Å². The molecule has 11 rings (SSSR count). The average molecular weight is 818 g/mol. The van der Waals surface area contributed by atoms with Crippen LogP contribution in [0.25, 0.3) is 21.8 Å². The molecule has 0 unspecified atom stereocenters. The fourth-order valence-electron chi connectivity index (χ4n) is 12.4. The molecule has 4 bridgehead atoms. The number of piperidine rings is 6. The summed E-state index contributed by atoms with van der Waals surface area (Å²) in [6, 6.07) is 27.0. The number of quaternary nitrogens is 2. The maximum atomic E-state index is 13.7. The normalized spacial score (nSPS) is 28.9. The summed E-state index contributed by atoms with van der Waals surface area (Å²) < 4.78 is 15.1. The van der Waals surface area contributed by atoms with Crippen molar-refractivity contribution in [2.24, 2.45) is 23.7 Å². The first-order chi connectivity index (χ1) is 29.8. The molecule has 314 valence electrons. The van der Waals surface area contributed by atoms with Gasteiger partial charge in [-0.25, -0.2) is 0 Å². The Hall–Kier alpha value is -5.32. The zero-order chi connectivity index (χ0) is 42.1. The van der Waals surface area contributed by atoms with Crippen LogP contribution < -0.4 is 0 Å². The smallest absolute Gasteiger partial charge is 0.287 e. The van der Waals surface area contributed by atoms with E-state index in [4.69, 9.17) is 19.4 Å². The fourth-order valence-corrected chi connectivity index (χ4v) is 12.4. The van der Waals surface area contributed by atoms with Gasteiger partial charge >= 0.3 is 0 Å². The number of ether oxygens (including phenoxy) is 2. The highest BCUT2D eigenvalue weighted by Crippen LogP contribution is 2.52. The van der Waals surface area contributed by atoms with Crippen LogP contribution in [0.1, 0.15) is 60.1 Å². The van der Waals surface area contributed by atoms with Crippen LogP contribution in [0.15, 0.2) is 142 Å². The van der Waals surface area contributed by atoms with Crippen LogP contribution in [-0.2, 0) is 22.6 Å². The highest BCUT2D eigenvalue weighted by atomic mass is 16.6. The van der Waals surface area contributed by atoms with Gasteiger partial charge in [-0.1, -0.05) is 66.8 Å². The van der Waals surface area contributed by atoms with Crippen molar-refractivity contribution in [1.82, 2.24) is 9.97 Å². The zero-order valence-electron chi connectivity index (χ0n) is 35.3. The Labute approximate surface area is 360 Å². The van der Waals surface area contributed by atoms with Crippen LogP contribution in [0, 0.1) is 33.8 Å². The average Bonchev–Trinajstić information content (AvgIpc) is 3.29.